The van der Waals surface area contributed by atoms with Crippen LogP contribution in [0.3, 0.4) is 0 Å². The van der Waals surface area contributed by atoms with Gasteiger partial charge < -0.3 is 10.0 Å². The number of rotatable bonds is 7. The summed E-state index contributed by atoms with van der Waals surface area (Å²) in [5.74, 6) is -0.754. The van der Waals surface area contributed by atoms with Gasteiger partial charge in [0.25, 0.3) is 0 Å². The molecule has 0 aromatic carbocycles. The van der Waals surface area contributed by atoms with Gasteiger partial charge in [0.05, 0.1) is 0 Å². The molecule has 1 atom stereocenters. The molecule has 0 spiro atoms. The molecule has 0 amide bonds. The van der Waals surface area contributed by atoms with Gasteiger partial charge in [0.2, 0.25) is 0 Å². The first kappa shape index (κ1) is 15.4. The molecule has 0 heterocycles. The molecule has 1 aliphatic carbocycles. The number of carboxylic acids is 1. The molecule has 4 heteroatoms. The molecule has 4 nitrogen and oxygen atoms in total. The number of hydrogen-bond acceptors (Lipinski definition) is 3. The zero-order valence-corrected chi connectivity index (χ0v) is 12.2. The Labute approximate surface area is 111 Å². The van der Waals surface area contributed by atoms with Crippen LogP contribution in [0.4, 0.5) is 0 Å². The van der Waals surface area contributed by atoms with Gasteiger partial charge in [-0.25, -0.2) is 0 Å². The van der Waals surface area contributed by atoms with Crippen LogP contribution in [0.2, 0.25) is 0 Å². The Morgan fingerprint density at radius 3 is 2.44 bits per heavy atom. The van der Waals surface area contributed by atoms with E-state index >= 15 is 0 Å². The van der Waals surface area contributed by atoms with E-state index in [1.54, 1.807) is 6.92 Å². The Kier molecular flexibility index (Phi) is 5.60. The monoisotopic (exact) mass is 256 g/mol. The largest absolute Gasteiger partial charge is 0.480 e. The fraction of sp³-hybridized carbons (Fsp3) is 0.929. The van der Waals surface area contributed by atoms with Crippen LogP contribution in [0.1, 0.15) is 52.9 Å². The lowest BCUT2D eigenvalue weighted by Gasteiger charge is -2.32. The maximum absolute atomic E-state index is 11.4. The fourth-order valence-electron chi connectivity index (χ4n) is 2.81. The number of hydrogen-bond donors (Lipinski definition) is 2. The van der Waals surface area contributed by atoms with E-state index < -0.39 is 11.5 Å². The van der Waals surface area contributed by atoms with Crippen molar-refractivity contribution in [2.45, 2.75) is 70.5 Å². The highest BCUT2D eigenvalue weighted by molar-refractivity contribution is 5.78. The topological polar surface area (TPSA) is 52.6 Å². The summed E-state index contributed by atoms with van der Waals surface area (Å²) in [6.07, 6.45) is 5.80. The highest BCUT2D eigenvalue weighted by Crippen LogP contribution is 2.23. The van der Waals surface area contributed by atoms with Crippen LogP contribution in [-0.2, 0) is 4.79 Å². The van der Waals surface area contributed by atoms with Crippen LogP contribution in [0.15, 0.2) is 0 Å². The second-order valence-corrected chi connectivity index (χ2v) is 6.11. The minimum Gasteiger partial charge on any atom is -0.480 e. The van der Waals surface area contributed by atoms with Gasteiger partial charge in [-0.3, -0.25) is 10.1 Å². The second kappa shape index (κ2) is 6.53. The van der Waals surface area contributed by atoms with Crippen LogP contribution in [0, 0.1) is 0 Å². The van der Waals surface area contributed by atoms with Crippen molar-refractivity contribution in [2.24, 2.45) is 0 Å². The van der Waals surface area contributed by atoms with Gasteiger partial charge in [-0.05, 0) is 47.1 Å². The Balaban J connectivity index is 2.48. The van der Waals surface area contributed by atoms with E-state index in [1.807, 2.05) is 13.8 Å². The maximum atomic E-state index is 11.4. The van der Waals surface area contributed by atoms with Crippen molar-refractivity contribution < 1.29 is 9.90 Å². The van der Waals surface area contributed by atoms with Crippen LogP contribution >= 0.6 is 0 Å². The normalized spacial score (nSPS) is 20.6. The molecule has 1 saturated carbocycles. The Morgan fingerprint density at radius 1 is 1.44 bits per heavy atom. The van der Waals surface area contributed by atoms with Crippen molar-refractivity contribution in [2.75, 3.05) is 13.6 Å². The molecule has 0 aromatic heterocycles. The standard InChI is InChI=1S/C14H28N2O2/c1-11(2)15-14(3,13(17)18)9-10-16(4)12-7-5-6-8-12/h11-12,15H,5-10H2,1-4H3,(H,17,18). The first-order valence-corrected chi connectivity index (χ1v) is 7.06. The molecule has 1 rings (SSSR count). The SMILES string of the molecule is CC(C)NC(C)(CCN(C)C1CCCC1)C(=O)O. The van der Waals surface area contributed by atoms with E-state index in [2.05, 4.69) is 17.3 Å². The average molecular weight is 256 g/mol. The molecule has 1 unspecified atom stereocenters. The van der Waals surface area contributed by atoms with Crippen LogP contribution in [0.5, 0.6) is 0 Å². The quantitative estimate of drug-likeness (QED) is 0.732. The molecule has 0 aliphatic heterocycles. The van der Waals surface area contributed by atoms with E-state index in [9.17, 15) is 9.90 Å². The predicted molar refractivity (Wildman–Crippen MR) is 73.8 cm³/mol. The number of nitrogens with zero attached hydrogens (tertiary/aromatic N) is 1. The first-order chi connectivity index (χ1) is 8.35. The lowest BCUT2D eigenvalue weighted by atomic mass is 9.96. The van der Waals surface area contributed by atoms with Crippen molar-refractivity contribution in [1.29, 1.82) is 0 Å². The van der Waals surface area contributed by atoms with Gasteiger partial charge in [-0.15, -0.1) is 0 Å². The predicted octanol–water partition coefficient (Wildman–Crippen LogP) is 2.09. The first-order valence-electron chi connectivity index (χ1n) is 7.06. The molecular weight excluding hydrogens is 228 g/mol. The van der Waals surface area contributed by atoms with Gasteiger partial charge in [0.1, 0.15) is 5.54 Å². The molecular formula is C14H28N2O2. The van der Waals surface area contributed by atoms with Crippen molar-refractivity contribution in [3.63, 3.8) is 0 Å². The van der Waals surface area contributed by atoms with Gasteiger partial charge in [0.15, 0.2) is 0 Å². The summed E-state index contributed by atoms with van der Waals surface area (Å²) < 4.78 is 0. The Morgan fingerprint density at radius 2 is 2.00 bits per heavy atom. The average Bonchev–Trinajstić information content (AvgIpc) is 2.78. The minimum absolute atomic E-state index is 0.183. The van der Waals surface area contributed by atoms with E-state index in [0.29, 0.717) is 12.5 Å². The summed E-state index contributed by atoms with van der Waals surface area (Å²) in [5, 5.41) is 12.6. The van der Waals surface area contributed by atoms with Gasteiger partial charge in [-0.1, -0.05) is 12.8 Å². The van der Waals surface area contributed by atoms with E-state index in [0.717, 1.165) is 6.54 Å². The molecule has 2 N–H and O–H groups in total. The van der Waals surface area contributed by atoms with Crippen molar-refractivity contribution in [1.82, 2.24) is 10.2 Å². The summed E-state index contributed by atoms with van der Waals surface area (Å²) in [4.78, 5) is 13.7. The van der Waals surface area contributed by atoms with Crippen LogP contribution in [-0.4, -0.2) is 47.2 Å². The van der Waals surface area contributed by atoms with Crippen LogP contribution in [0.25, 0.3) is 0 Å². The number of aliphatic carboxylic acids is 1. The molecule has 0 bridgehead atoms. The third-order valence-corrected chi connectivity index (χ3v) is 3.99. The third-order valence-electron chi connectivity index (χ3n) is 3.99. The molecule has 0 aromatic rings. The minimum atomic E-state index is -0.818. The van der Waals surface area contributed by atoms with Crippen molar-refractivity contribution in [3.8, 4) is 0 Å². The summed E-state index contributed by atoms with van der Waals surface area (Å²) in [5.41, 5.74) is -0.818. The van der Waals surface area contributed by atoms with Gasteiger partial charge in [-0.2, -0.15) is 0 Å². The molecule has 106 valence electrons. The Bertz CT molecular complexity index is 275. The lowest BCUT2D eigenvalue weighted by Crippen LogP contribution is -2.54. The summed E-state index contributed by atoms with van der Waals surface area (Å²) >= 11 is 0. The van der Waals surface area contributed by atoms with Gasteiger partial charge in [0, 0.05) is 18.6 Å². The highest BCUT2D eigenvalue weighted by Gasteiger charge is 2.34. The zero-order chi connectivity index (χ0) is 13.8. The van der Waals surface area contributed by atoms with E-state index in [4.69, 9.17) is 0 Å². The molecule has 1 aliphatic rings. The fourth-order valence-corrected chi connectivity index (χ4v) is 2.81. The molecule has 1 fully saturated rings. The van der Waals surface area contributed by atoms with Crippen molar-refractivity contribution in [3.05, 3.63) is 0 Å². The van der Waals surface area contributed by atoms with Crippen LogP contribution < -0.4 is 5.32 Å². The lowest BCUT2D eigenvalue weighted by molar-refractivity contribution is -0.145. The summed E-state index contributed by atoms with van der Waals surface area (Å²) in [7, 11) is 2.12. The number of nitrogens with one attached hydrogen (secondary N) is 1. The van der Waals surface area contributed by atoms with E-state index in [1.165, 1.54) is 25.7 Å². The third kappa shape index (κ3) is 4.25. The van der Waals surface area contributed by atoms with Crippen molar-refractivity contribution >= 4 is 5.97 Å². The van der Waals surface area contributed by atoms with Gasteiger partial charge >= 0.3 is 5.97 Å². The second-order valence-electron chi connectivity index (χ2n) is 6.11. The highest BCUT2D eigenvalue weighted by atomic mass is 16.4. The molecule has 0 radical (unpaired) electrons. The number of carbonyl (C=O) groups is 1. The molecule has 0 saturated heterocycles. The number of carboxylic acid groups (broad SMARTS) is 1. The zero-order valence-electron chi connectivity index (χ0n) is 12.2. The van der Waals surface area contributed by atoms with E-state index in [-0.39, 0.29) is 6.04 Å². The summed E-state index contributed by atoms with van der Waals surface area (Å²) in [6.45, 7) is 6.61. The smallest absolute Gasteiger partial charge is 0.323 e. The maximum Gasteiger partial charge on any atom is 0.323 e. The summed E-state index contributed by atoms with van der Waals surface area (Å²) in [6, 6.07) is 0.838. The molecule has 18 heavy (non-hydrogen) atoms. The Hall–Kier alpha value is -0.610.